The summed E-state index contributed by atoms with van der Waals surface area (Å²) in [5, 5.41) is 0. The summed E-state index contributed by atoms with van der Waals surface area (Å²) in [6, 6.07) is 5.77. The van der Waals surface area contributed by atoms with Crippen molar-refractivity contribution in [2.75, 3.05) is 0 Å². The molecule has 76 valence electrons. The Morgan fingerprint density at radius 2 is 2.14 bits per heavy atom. The molecular weight excluding hydrogens is 240 g/mol. The van der Waals surface area contributed by atoms with Crippen molar-refractivity contribution in [1.29, 1.82) is 0 Å². The molecule has 0 bridgehead atoms. The van der Waals surface area contributed by atoms with E-state index in [4.69, 9.17) is 0 Å². The molecule has 0 radical (unpaired) electrons. The first-order valence-electron chi connectivity index (χ1n) is 4.87. The lowest BCUT2D eigenvalue weighted by Crippen LogP contribution is -2.11. The summed E-state index contributed by atoms with van der Waals surface area (Å²) < 4.78 is 1.01. The molecule has 0 amide bonds. The highest BCUT2D eigenvalue weighted by molar-refractivity contribution is 9.10. The Morgan fingerprint density at radius 3 is 2.71 bits per heavy atom. The third-order valence-electron chi connectivity index (χ3n) is 2.59. The summed E-state index contributed by atoms with van der Waals surface area (Å²) in [7, 11) is 0. The van der Waals surface area contributed by atoms with Crippen LogP contribution in [-0.4, -0.2) is 5.78 Å². The van der Waals surface area contributed by atoms with Gasteiger partial charge in [-0.15, -0.1) is 0 Å². The van der Waals surface area contributed by atoms with Crippen LogP contribution in [0.3, 0.4) is 0 Å². The number of halogens is 1. The van der Waals surface area contributed by atoms with Gasteiger partial charge in [-0.2, -0.15) is 0 Å². The average Bonchev–Trinajstić information content (AvgIpc) is 2.20. The lowest BCUT2D eigenvalue weighted by atomic mass is 9.94. The van der Waals surface area contributed by atoms with Gasteiger partial charge in [0.05, 0.1) is 0 Å². The van der Waals surface area contributed by atoms with Crippen molar-refractivity contribution in [3.63, 3.8) is 0 Å². The summed E-state index contributed by atoms with van der Waals surface area (Å²) in [6.07, 6.45) is 0.894. The Hall–Kier alpha value is -0.630. The highest BCUT2D eigenvalue weighted by atomic mass is 79.9. The summed E-state index contributed by atoms with van der Waals surface area (Å²) in [4.78, 5) is 11.9. The Balaban J connectivity index is 3.07. The van der Waals surface area contributed by atoms with Gasteiger partial charge >= 0.3 is 0 Å². The van der Waals surface area contributed by atoms with E-state index < -0.39 is 0 Å². The highest BCUT2D eigenvalue weighted by Crippen LogP contribution is 2.22. The molecule has 0 aliphatic rings. The van der Waals surface area contributed by atoms with Gasteiger partial charge in [0.1, 0.15) is 0 Å². The van der Waals surface area contributed by atoms with Crippen molar-refractivity contribution in [1.82, 2.24) is 0 Å². The molecule has 0 aromatic heterocycles. The molecule has 1 atom stereocenters. The zero-order chi connectivity index (χ0) is 10.7. The zero-order valence-corrected chi connectivity index (χ0v) is 10.4. The fourth-order valence-corrected chi connectivity index (χ4v) is 1.69. The van der Waals surface area contributed by atoms with E-state index in [1.165, 1.54) is 0 Å². The molecular formula is C12H15BrO. The summed E-state index contributed by atoms with van der Waals surface area (Å²) >= 11 is 3.43. The highest BCUT2D eigenvalue weighted by Gasteiger charge is 2.15. The third kappa shape index (κ3) is 2.24. The van der Waals surface area contributed by atoms with Crippen molar-refractivity contribution in [3.8, 4) is 0 Å². The molecule has 1 aromatic carbocycles. The summed E-state index contributed by atoms with van der Waals surface area (Å²) in [5.41, 5.74) is 1.88. The minimum absolute atomic E-state index is 0.114. The second-order valence-electron chi connectivity index (χ2n) is 3.59. The first kappa shape index (κ1) is 11.4. The molecule has 0 fully saturated rings. The van der Waals surface area contributed by atoms with E-state index in [0.717, 1.165) is 22.0 Å². The van der Waals surface area contributed by atoms with Gasteiger partial charge in [-0.1, -0.05) is 41.9 Å². The molecule has 0 spiro atoms. The van der Waals surface area contributed by atoms with Crippen LogP contribution in [0.5, 0.6) is 0 Å². The predicted octanol–water partition coefficient (Wildman–Crippen LogP) is 3.99. The largest absolute Gasteiger partial charge is 0.294 e. The van der Waals surface area contributed by atoms with E-state index in [-0.39, 0.29) is 11.7 Å². The second-order valence-corrected chi connectivity index (χ2v) is 4.44. The maximum Gasteiger partial charge on any atom is 0.165 e. The van der Waals surface area contributed by atoms with E-state index in [9.17, 15) is 4.79 Å². The number of ketones is 1. The van der Waals surface area contributed by atoms with Crippen LogP contribution in [-0.2, 0) is 0 Å². The maximum absolute atomic E-state index is 11.9. The van der Waals surface area contributed by atoms with Gasteiger partial charge in [0, 0.05) is 16.0 Å². The van der Waals surface area contributed by atoms with Crippen LogP contribution in [0, 0.1) is 12.8 Å². The van der Waals surface area contributed by atoms with Crippen molar-refractivity contribution >= 4 is 21.7 Å². The van der Waals surface area contributed by atoms with Crippen molar-refractivity contribution < 1.29 is 4.79 Å². The Kier molecular flexibility index (Phi) is 3.87. The number of carbonyl (C=O) groups is 1. The van der Waals surface area contributed by atoms with Crippen LogP contribution in [0.25, 0.3) is 0 Å². The molecule has 1 unspecified atom stereocenters. The molecule has 1 rings (SSSR count). The minimum Gasteiger partial charge on any atom is -0.294 e. The van der Waals surface area contributed by atoms with E-state index in [1.54, 1.807) is 0 Å². The van der Waals surface area contributed by atoms with Gasteiger partial charge in [-0.05, 0) is 25.0 Å². The maximum atomic E-state index is 11.9. The number of benzene rings is 1. The molecule has 14 heavy (non-hydrogen) atoms. The number of hydrogen-bond acceptors (Lipinski definition) is 1. The molecule has 1 nitrogen and oxygen atoms in total. The molecule has 0 aliphatic heterocycles. The van der Waals surface area contributed by atoms with Crippen LogP contribution >= 0.6 is 15.9 Å². The van der Waals surface area contributed by atoms with Crippen LogP contribution in [0.2, 0.25) is 0 Å². The van der Waals surface area contributed by atoms with Crippen molar-refractivity contribution in [3.05, 3.63) is 33.8 Å². The van der Waals surface area contributed by atoms with Crippen LogP contribution in [0.15, 0.2) is 22.7 Å². The fourth-order valence-electron chi connectivity index (χ4n) is 1.33. The van der Waals surface area contributed by atoms with Gasteiger partial charge < -0.3 is 0 Å². The predicted molar refractivity (Wildman–Crippen MR) is 62.7 cm³/mol. The Labute approximate surface area is 93.7 Å². The zero-order valence-electron chi connectivity index (χ0n) is 8.80. The first-order chi connectivity index (χ1) is 6.57. The first-order valence-corrected chi connectivity index (χ1v) is 5.66. The fraction of sp³-hybridized carbons (Fsp3) is 0.417. The average molecular weight is 255 g/mol. The van der Waals surface area contributed by atoms with E-state index in [2.05, 4.69) is 15.9 Å². The molecule has 0 N–H and O–H groups in total. The number of carbonyl (C=O) groups excluding carboxylic acids is 1. The van der Waals surface area contributed by atoms with E-state index >= 15 is 0 Å². The topological polar surface area (TPSA) is 17.1 Å². The van der Waals surface area contributed by atoms with Gasteiger partial charge in [0.2, 0.25) is 0 Å². The van der Waals surface area contributed by atoms with Gasteiger partial charge in [-0.25, -0.2) is 0 Å². The Morgan fingerprint density at radius 1 is 1.50 bits per heavy atom. The third-order valence-corrected chi connectivity index (χ3v) is 3.45. The van der Waals surface area contributed by atoms with Gasteiger partial charge in [-0.3, -0.25) is 4.79 Å². The lowest BCUT2D eigenvalue weighted by molar-refractivity contribution is 0.0926. The standard InChI is InChI=1S/C12H15BrO/c1-4-8(2)12(14)10-6-5-7-11(13)9(10)3/h5-8H,4H2,1-3H3. The smallest absolute Gasteiger partial charge is 0.165 e. The van der Waals surface area contributed by atoms with Crippen LogP contribution in [0.1, 0.15) is 36.2 Å². The second kappa shape index (κ2) is 4.74. The molecule has 0 saturated heterocycles. The quantitative estimate of drug-likeness (QED) is 0.746. The molecule has 2 heteroatoms. The van der Waals surface area contributed by atoms with Crippen LogP contribution in [0.4, 0.5) is 0 Å². The minimum atomic E-state index is 0.114. The Bertz CT molecular complexity index is 344. The van der Waals surface area contributed by atoms with E-state index in [0.29, 0.717) is 0 Å². The van der Waals surface area contributed by atoms with Crippen LogP contribution < -0.4 is 0 Å². The van der Waals surface area contributed by atoms with Crippen molar-refractivity contribution in [2.24, 2.45) is 5.92 Å². The number of rotatable bonds is 3. The number of Topliss-reactive ketones (excluding diaryl/α,β-unsaturated/α-hetero) is 1. The number of hydrogen-bond donors (Lipinski definition) is 0. The molecule has 0 aliphatic carbocycles. The van der Waals surface area contributed by atoms with E-state index in [1.807, 2.05) is 39.0 Å². The summed E-state index contributed by atoms with van der Waals surface area (Å²) in [5.74, 6) is 0.356. The van der Waals surface area contributed by atoms with Gasteiger partial charge in [0.15, 0.2) is 5.78 Å². The molecule has 0 saturated carbocycles. The normalized spacial score (nSPS) is 12.6. The molecule has 1 aromatic rings. The monoisotopic (exact) mass is 254 g/mol. The lowest BCUT2D eigenvalue weighted by Gasteiger charge is -2.10. The van der Waals surface area contributed by atoms with Gasteiger partial charge in [0.25, 0.3) is 0 Å². The molecule has 0 heterocycles. The summed E-state index contributed by atoms with van der Waals surface area (Å²) in [6.45, 7) is 5.98. The SMILES string of the molecule is CCC(C)C(=O)c1cccc(Br)c1C. The van der Waals surface area contributed by atoms with Crippen molar-refractivity contribution in [2.45, 2.75) is 27.2 Å².